The number of hydrogen-bond donors (Lipinski definition) is 0. The molecule has 0 aliphatic heterocycles. The molecule has 0 aliphatic carbocycles. The van der Waals surface area contributed by atoms with E-state index in [0.717, 1.165) is 25.7 Å². The Bertz CT molecular complexity index is 273. The molecular weight excluding hydrogens is 240 g/mol. The highest BCUT2D eigenvalue weighted by Crippen LogP contribution is 2.22. The van der Waals surface area contributed by atoms with Gasteiger partial charge in [0.1, 0.15) is 5.41 Å². The number of amides is 2. The second-order valence-electron chi connectivity index (χ2n) is 5.79. The van der Waals surface area contributed by atoms with E-state index in [9.17, 15) is 9.59 Å². The first-order chi connectivity index (χ1) is 8.78. The number of hydrogen-bond acceptors (Lipinski definition) is 2. The Kier molecular flexibility index (Phi) is 7.72. The van der Waals surface area contributed by atoms with E-state index in [1.54, 1.807) is 37.7 Å². The van der Waals surface area contributed by atoms with Crippen molar-refractivity contribution in [1.82, 2.24) is 9.80 Å². The molecule has 0 saturated carbocycles. The maximum Gasteiger partial charge on any atom is 0.237 e. The maximum atomic E-state index is 12.4. The molecule has 0 unspecified atom stereocenters. The normalized spacial score (nSPS) is 11.3. The van der Waals surface area contributed by atoms with Crippen molar-refractivity contribution in [3.05, 3.63) is 0 Å². The van der Waals surface area contributed by atoms with Crippen LogP contribution in [-0.4, -0.2) is 48.8 Å². The molecule has 0 radical (unpaired) electrons. The van der Waals surface area contributed by atoms with Crippen molar-refractivity contribution in [3.63, 3.8) is 0 Å². The van der Waals surface area contributed by atoms with Crippen molar-refractivity contribution in [2.45, 2.75) is 53.4 Å². The predicted octanol–water partition coefficient (Wildman–Crippen LogP) is 2.53. The van der Waals surface area contributed by atoms with E-state index in [4.69, 9.17) is 0 Å². The lowest BCUT2D eigenvalue weighted by Gasteiger charge is -2.32. The van der Waals surface area contributed by atoms with Crippen LogP contribution in [0.4, 0.5) is 0 Å². The summed E-state index contributed by atoms with van der Waals surface area (Å²) in [5.74, 6) is -0.177. The molecule has 4 nitrogen and oxygen atoms in total. The van der Waals surface area contributed by atoms with E-state index in [-0.39, 0.29) is 11.8 Å². The largest absolute Gasteiger partial charge is 0.345 e. The Hall–Kier alpha value is -1.06. The first kappa shape index (κ1) is 17.9. The van der Waals surface area contributed by atoms with Gasteiger partial charge >= 0.3 is 0 Å². The number of unbranched alkanes of at least 4 members (excludes halogenated alkanes) is 2. The topological polar surface area (TPSA) is 40.6 Å². The van der Waals surface area contributed by atoms with E-state index in [1.165, 1.54) is 0 Å². The summed E-state index contributed by atoms with van der Waals surface area (Å²) in [5.41, 5.74) is -0.967. The highest BCUT2D eigenvalue weighted by atomic mass is 16.2. The first-order valence-electron chi connectivity index (χ1n) is 7.30. The van der Waals surface area contributed by atoms with Gasteiger partial charge in [0.15, 0.2) is 0 Å². The highest BCUT2D eigenvalue weighted by Gasteiger charge is 2.39. The van der Waals surface area contributed by atoms with Crippen molar-refractivity contribution in [2.24, 2.45) is 5.41 Å². The van der Waals surface area contributed by atoms with E-state index in [2.05, 4.69) is 13.8 Å². The molecule has 0 fully saturated rings. The molecule has 0 rings (SSSR count). The van der Waals surface area contributed by atoms with Gasteiger partial charge in [-0.1, -0.05) is 26.7 Å². The van der Waals surface area contributed by atoms with Crippen LogP contribution in [0.15, 0.2) is 0 Å². The van der Waals surface area contributed by atoms with Gasteiger partial charge in [0.25, 0.3) is 0 Å². The van der Waals surface area contributed by atoms with Crippen molar-refractivity contribution < 1.29 is 9.59 Å². The predicted molar refractivity (Wildman–Crippen MR) is 78.9 cm³/mol. The fourth-order valence-electron chi connectivity index (χ4n) is 2.04. The van der Waals surface area contributed by atoms with Crippen LogP contribution in [0.3, 0.4) is 0 Å². The van der Waals surface area contributed by atoms with Gasteiger partial charge in [-0.25, -0.2) is 0 Å². The van der Waals surface area contributed by atoms with E-state index in [0.29, 0.717) is 13.1 Å². The molecule has 4 heteroatoms. The molecule has 112 valence electrons. The fraction of sp³-hybridized carbons (Fsp3) is 0.867. The average molecular weight is 270 g/mol. The molecular formula is C15H30N2O2. The summed E-state index contributed by atoms with van der Waals surface area (Å²) in [6.07, 6.45) is 4.03. The van der Waals surface area contributed by atoms with Crippen LogP contribution in [0, 0.1) is 5.41 Å². The Labute approximate surface area is 118 Å². The van der Waals surface area contributed by atoms with Gasteiger partial charge in [-0.2, -0.15) is 0 Å². The van der Waals surface area contributed by atoms with Gasteiger partial charge in [-0.15, -0.1) is 0 Å². The molecule has 2 amide bonds. The molecule has 0 aliphatic rings. The lowest BCUT2D eigenvalue weighted by Crippen LogP contribution is -2.49. The van der Waals surface area contributed by atoms with Gasteiger partial charge in [0.05, 0.1) is 0 Å². The third kappa shape index (κ3) is 5.21. The first-order valence-corrected chi connectivity index (χ1v) is 7.30. The second kappa shape index (κ2) is 8.18. The molecule has 0 aromatic carbocycles. The number of nitrogens with zero attached hydrogens (tertiary/aromatic N) is 2. The Morgan fingerprint density at radius 2 is 1.16 bits per heavy atom. The number of carbonyl (C=O) groups is 2. The van der Waals surface area contributed by atoms with E-state index >= 15 is 0 Å². The number of carbonyl (C=O) groups excluding carboxylic acids is 2. The molecule has 0 atom stereocenters. The summed E-state index contributed by atoms with van der Waals surface area (Å²) in [7, 11) is 3.55. The zero-order valence-electron chi connectivity index (χ0n) is 13.5. The van der Waals surface area contributed by atoms with Crippen LogP contribution in [0.2, 0.25) is 0 Å². The van der Waals surface area contributed by atoms with Crippen molar-refractivity contribution in [1.29, 1.82) is 0 Å². The summed E-state index contributed by atoms with van der Waals surface area (Å²) in [4.78, 5) is 28.1. The minimum Gasteiger partial charge on any atom is -0.345 e. The minimum absolute atomic E-state index is 0.0886. The van der Waals surface area contributed by atoms with Gasteiger partial charge in [-0.05, 0) is 26.7 Å². The lowest BCUT2D eigenvalue weighted by molar-refractivity contribution is -0.152. The highest BCUT2D eigenvalue weighted by molar-refractivity contribution is 6.04. The molecule has 0 bridgehead atoms. The van der Waals surface area contributed by atoms with Crippen molar-refractivity contribution in [3.8, 4) is 0 Å². The third-order valence-electron chi connectivity index (χ3n) is 3.46. The minimum atomic E-state index is -0.967. The summed E-state index contributed by atoms with van der Waals surface area (Å²) >= 11 is 0. The van der Waals surface area contributed by atoms with Crippen LogP contribution in [0.1, 0.15) is 53.4 Å². The van der Waals surface area contributed by atoms with Gasteiger partial charge < -0.3 is 9.80 Å². The van der Waals surface area contributed by atoms with Crippen LogP contribution in [-0.2, 0) is 9.59 Å². The molecule has 0 aromatic heterocycles. The van der Waals surface area contributed by atoms with E-state index < -0.39 is 5.41 Å². The lowest BCUT2D eigenvalue weighted by atomic mass is 9.89. The molecule has 0 aromatic rings. The smallest absolute Gasteiger partial charge is 0.237 e. The molecule has 0 spiro atoms. The summed E-state index contributed by atoms with van der Waals surface area (Å²) in [5, 5.41) is 0. The van der Waals surface area contributed by atoms with Gasteiger partial charge in [0.2, 0.25) is 11.8 Å². The SMILES string of the molecule is CCCCN(C)C(=O)C(C)(C)C(=O)N(C)CCCC. The van der Waals surface area contributed by atoms with Crippen LogP contribution in [0.25, 0.3) is 0 Å². The third-order valence-corrected chi connectivity index (χ3v) is 3.46. The van der Waals surface area contributed by atoms with E-state index in [1.807, 2.05) is 0 Å². The fourth-order valence-corrected chi connectivity index (χ4v) is 2.04. The Morgan fingerprint density at radius 1 is 0.842 bits per heavy atom. The van der Waals surface area contributed by atoms with Crippen LogP contribution in [0.5, 0.6) is 0 Å². The molecule has 0 saturated heterocycles. The Balaban J connectivity index is 4.65. The van der Waals surface area contributed by atoms with Gasteiger partial charge in [0, 0.05) is 27.2 Å². The van der Waals surface area contributed by atoms with Crippen LogP contribution < -0.4 is 0 Å². The van der Waals surface area contributed by atoms with Crippen molar-refractivity contribution in [2.75, 3.05) is 27.2 Å². The quantitative estimate of drug-likeness (QED) is 0.636. The zero-order chi connectivity index (χ0) is 15.1. The van der Waals surface area contributed by atoms with Gasteiger partial charge in [-0.3, -0.25) is 9.59 Å². The zero-order valence-corrected chi connectivity index (χ0v) is 13.5. The standard InChI is InChI=1S/C15H30N2O2/c1-7-9-11-16(5)13(18)15(3,4)14(19)17(6)12-10-8-2/h7-12H2,1-6H3. The molecule has 0 heterocycles. The number of rotatable bonds is 8. The summed E-state index contributed by atoms with van der Waals surface area (Å²) in [6, 6.07) is 0. The monoisotopic (exact) mass is 270 g/mol. The van der Waals surface area contributed by atoms with Crippen LogP contribution >= 0.6 is 0 Å². The molecule has 0 N–H and O–H groups in total. The van der Waals surface area contributed by atoms with Crippen molar-refractivity contribution >= 4 is 11.8 Å². The molecule has 19 heavy (non-hydrogen) atoms. The second-order valence-corrected chi connectivity index (χ2v) is 5.79. The Morgan fingerprint density at radius 3 is 1.42 bits per heavy atom. The average Bonchev–Trinajstić information content (AvgIpc) is 2.39. The summed E-state index contributed by atoms with van der Waals surface area (Å²) in [6.45, 7) is 9.06. The maximum absolute atomic E-state index is 12.4. The summed E-state index contributed by atoms with van der Waals surface area (Å²) < 4.78 is 0.